The number of imidazole rings is 1. The zero-order valence-corrected chi connectivity index (χ0v) is 14.6. The molecule has 1 aromatic carbocycles. The van der Waals surface area contributed by atoms with E-state index in [0.29, 0.717) is 19.5 Å². The summed E-state index contributed by atoms with van der Waals surface area (Å²) in [5, 5.41) is 3.97. The van der Waals surface area contributed by atoms with Gasteiger partial charge in [0.15, 0.2) is 0 Å². The second-order valence-corrected chi connectivity index (χ2v) is 5.26. The van der Waals surface area contributed by atoms with E-state index >= 15 is 0 Å². The molecule has 1 atom stereocenters. The third kappa shape index (κ3) is 4.74. The third-order valence-electron chi connectivity index (χ3n) is 3.68. The van der Waals surface area contributed by atoms with Gasteiger partial charge in [0.2, 0.25) is 5.91 Å². The Hall–Kier alpha value is -2.02. The molecular formula is C16H21Cl2N5O. The first-order valence-electron chi connectivity index (χ1n) is 7.28. The third-order valence-corrected chi connectivity index (χ3v) is 3.68. The van der Waals surface area contributed by atoms with Crippen LogP contribution in [0.15, 0.2) is 49.2 Å². The Bertz CT molecular complexity index is 757. The molecule has 3 aromatic rings. The van der Waals surface area contributed by atoms with E-state index in [-0.39, 0.29) is 30.7 Å². The first kappa shape index (κ1) is 20.0. The molecule has 24 heavy (non-hydrogen) atoms. The van der Waals surface area contributed by atoms with Crippen LogP contribution in [0.3, 0.4) is 0 Å². The molecule has 0 bridgehead atoms. The van der Waals surface area contributed by atoms with Gasteiger partial charge in [-0.25, -0.2) is 4.98 Å². The number of rotatable bonds is 6. The average Bonchev–Trinajstić information content (AvgIpc) is 3.17. The fraction of sp³-hybridized carbons (Fsp3) is 0.250. The van der Waals surface area contributed by atoms with Crippen LogP contribution >= 0.6 is 24.8 Å². The maximum atomic E-state index is 12.1. The monoisotopic (exact) mass is 369 g/mol. The van der Waals surface area contributed by atoms with E-state index in [1.807, 2.05) is 41.2 Å². The Morgan fingerprint density at radius 3 is 2.88 bits per heavy atom. The minimum atomic E-state index is -0.554. The molecule has 4 N–H and O–H groups in total. The molecular weight excluding hydrogens is 349 g/mol. The van der Waals surface area contributed by atoms with E-state index in [2.05, 4.69) is 15.3 Å². The number of amides is 1. The van der Waals surface area contributed by atoms with E-state index in [1.165, 1.54) is 0 Å². The second kappa shape index (κ2) is 9.32. The average molecular weight is 370 g/mol. The molecule has 130 valence electrons. The highest BCUT2D eigenvalue weighted by molar-refractivity contribution is 5.86. The molecule has 3 rings (SSSR count). The number of para-hydroxylation sites is 1. The Morgan fingerprint density at radius 2 is 2.12 bits per heavy atom. The van der Waals surface area contributed by atoms with Crippen molar-refractivity contribution in [2.24, 2.45) is 5.73 Å². The molecule has 0 saturated carbocycles. The summed E-state index contributed by atoms with van der Waals surface area (Å²) in [4.78, 5) is 19.2. The van der Waals surface area contributed by atoms with Gasteiger partial charge in [-0.05, 0) is 18.1 Å². The molecule has 0 fully saturated rings. The first-order chi connectivity index (χ1) is 10.7. The predicted molar refractivity (Wildman–Crippen MR) is 99.7 cm³/mol. The molecule has 2 heterocycles. The van der Waals surface area contributed by atoms with Crippen molar-refractivity contribution in [3.8, 4) is 0 Å². The van der Waals surface area contributed by atoms with Crippen LogP contribution in [0.1, 0.15) is 5.56 Å². The van der Waals surface area contributed by atoms with Crippen LogP contribution in [0.25, 0.3) is 10.9 Å². The van der Waals surface area contributed by atoms with Gasteiger partial charge in [-0.15, -0.1) is 24.8 Å². The molecule has 8 heteroatoms. The van der Waals surface area contributed by atoms with Crippen LogP contribution in [0.4, 0.5) is 0 Å². The fourth-order valence-electron chi connectivity index (χ4n) is 2.49. The van der Waals surface area contributed by atoms with Crippen molar-refractivity contribution in [3.63, 3.8) is 0 Å². The van der Waals surface area contributed by atoms with Gasteiger partial charge in [0, 0.05) is 42.6 Å². The number of carbonyl (C=O) groups excluding carboxylic acids is 1. The predicted octanol–water partition coefficient (Wildman–Crippen LogP) is 1.89. The largest absolute Gasteiger partial charge is 0.361 e. The number of aromatic nitrogens is 3. The number of halogens is 2. The fourth-order valence-corrected chi connectivity index (χ4v) is 2.49. The normalized spacial score (nSPS) is 11.4. The Labute approximate surface area is 152 Å². The molecule has 2 aromatic heterocycles. The number of nitrogens with zero attached hydrogens (tertiary/aromatic N) is 2. The summed E-state index contributed by atoms with van der Waals surface area (Å²) < 4.78 is 1.91. The SMILES string of the molecule is Cl.Cl.N[C@@H](Cc1c[nH]c2ccccc12)C(=O)NCCn1ccnc1. The van der Waals surface area contributed by atoms with Crippen molar-refractivity contribution in [1.29, 1.82) is 0 Å². The van der Waals surface area contributed by atoms with E-state index in [1.54, 1.807) is 12.5 Å². The quantitative estimate of drug-likeness (QED) is 0.619. The number of nitrogens with one attached hydrogen (secondary N) is 2. The van der Waals surface area contributed by atoms with E-state index in [9.17, 15) is 4.79 Å². The van der Waals surface area contributed by atoms with Crippen LogP contribution in [0, 0.1) is 0 Å². The maximum absolute atomic E-state index is 12.1. The number of nitrogens with two attached hydrogens (primary N) is 1. The Morgan fingerprint density at radius 1 is 1.33 bits per heavy atom. The molecule has 0 saturated heterocycles. The van der Waals surface area contributed by atoms with Gasteiger partial charge < -0.3 is 20.6 Å². The summed E-state index contributed by atoms with van der Waals surface area (Å²) in [6.45, 7) is 1.22. The van der Waals surface area contributed by atoms with E-state index in [0.717, 1.165) is 16.5 Å². The molecule has 0 spiro atoms. The highest BCUT2D eigenvalue weighted by Gasteiger charge is 2.15. The number of hydrogen-bond donors (Lipinski definition) is 3. The van der Waals surface area contributed by atoms with Crippen molar-refractivity contribution < 1.29 is 4.79 Å². The zero-order valence-electron chi connectivity index (χ0n) is 13.0. The minimum Gasteiger partial charge on any atom is -0.361 e. The number of hydrogen-bond acceptors (Lipinski definition) is 3. The Balaban J connectivity index is 0.00000144. The van der Waals surface area contributed by atoms with Gasteiger partial charge in [0.05, 0.1) is 12.4 Å². The molecule has 1 amide bonds. The van der Waals surface area contributed by atoms with E-state index in [4.69, 9.17) is 5.73 Å². The summed E-state index contributed by atoms with van der Waals surface area (Å²) >= 11 is 0. The molecule has 0 aliphatic heterocycles. The van der Waals surface area contributed by atoms with Crippen molar-refractivity contribution in [2.75, 3.05) is 6.54 Å². The number of fused-ring (bicyclic) bond motifs is 1. The van der Waals surface area contributed by atoms with Gasteiger partial charge in [-0.1, -0.05) is 18.2 Å². The molecule has 0 aliphatic rings. The number of carbonyl (C=O) groups is 1. The van der Waals surface area contributed by atoms with Crippen LogP contribution in [0.2, 0.25) is 0 Å². The minimum absolute atomic E-state index is 0. The summed E-state index contributed by atoms with van der Waals surface area (Å²) in [7, 11) is 0. The van der Waals surface area contributed by atoms with Crippen LogP contribution in [-0.4, -0.2) is 33.0 Å². The smallest absolute Gasteiger partial charge is 0.237 e. The van der Waals surface area contributed by atoms with Gasteiger partial charge in [0.25, 0.3) is 0 Å². The van der Waals surface area contributed by atoms with Crippen molar-refractivity contribution in [3.05, 3.63) is 54.7 Å². The lowest BCUT2D eigenvalue weighted by atomic mass is 10.1. The number of aromatic amines is 1. The lowest BCUT2D eigenvalue weighted by molar-refractivity contribution is -0.122. The Kier molecular flexibility index (Phi) is 7.78. The first-order valence-corrected chi connectivity index (χ1v) is 7.28. The van der Waals surface area contributed by atoms with Crippen molar-refractivity contribution in [2.45, 2.75) is 19.0 Å². The highest BCUT2D eigenvalue weighted by Crippen LogP contribution is 2.18. The molecule has 6 nitrogen and oxygen atoms in total. The van der Waals surface area contributed by atoms with E-state index < -0.39 is 6.04 Å². The lowest BCUT2D eigenvalue weighted by Crippen LogP contribution is -2.43. The summed E-state index contributed by atoms with van der Waals surface area (Å²) in [5.41, 5.74) is 8.14. The summed E-state index contributed by atoms with van der Waals surface area (Å²) in [6.07, 6.45) is 7.73. The number of H-pyrrole nitrogens is 1. The lowest BCUT2D eigenvalue weighted by Gasteiger charge is -2.12. The zero-order chi connectivity index (χ0) is 15.4. The molecule has 0 radical (unpaired) electrons. The van der Waals surface area contributed by atoms with Gasteiger partial charge in [-0.2, -0.15) is 0 Å². The summed E-state index contributed by atoms with van der Waals surface area (Å²) in [6, 6.07) is 7.45. The van der Waals surface area contributed by atoms with Gasteiger partial charge >= 0.3 is 0 Å². The summed E-state index contributed by atoms with van der Waals surface area (Å²) in [5.74, 6) is -0.134. The second-order valence-electron chi connectivity index (χ2n) is 5.26. The van der Waals surface area contributed by atoms with Crippen LogP contribution in [0.5, 0.6) is 0 Å². The molecule has 0 aliphatic carbocycles. The highest BCUT2D eigenvalue weighted by atomic mass is 35.5. The van der Waals surface area contributed by atoms with Crippen molar-refractivity contribution in [1.82, 2.24) is 19.9 Å². The van der Waals surface area contributed by atoms with Crippen LogP contribution < -0.4 is 11.1 Å². The topological polar surface area (TPSA) is 88.7 Å². The maximum Gasteiger partial charge on any atom is 0.237 e. The van der Waals surface area contributed by atoms with Gasteiger partial charge in [-0.3, -0.25) is 4.79 Å². The van der Waals surface area contributed by atoms with Gasteiger partial charge in [0.1, 0.15) is 0 Å². The molecule has 0 unspecified atom stereocenters. The van der Waals surface area contributed by atoms with Crippen molar-refractivity contribution >= 4 is 41.6 Å². The standard InChI is InChI=1S/C16H19N5O.2ClH/c17-14(16(22)19-6-8-21-7-5-18-11-21)9-12-10-20-15-4-2-1-3-13(12)15;;/h1-5,7,10-11,14,20H,6,8-9,17H2,(H,19,22);2*1H/t14-;;/m0../s1. The number of benzene rings is 1. The van der Waals surface area contributed by atoms with Crippen LogP contribution in [-0.2, 0) is 17.8 Å².